The van der Waals surface area contributed by atoms with E-state index in [0.717, 1.165) is 30.8 Å². The fourth-order valence-electron chi connectivity index (χ4n) is 2.67. The molecule has 0 radical (unpaired) electrons. The second-order valence-electron chi connectivity index (χ2n) is 4.82. The van der Waals surface area contributed by atoms with Crippen LogP contribution in [-0.2, 0) is 4.74 Å². The SMILES string of the molecule is COc1ccc2c(c1)OC(C1CCCO1)C/C2=N\O. The lowest BCUT2D eigenvalue weighted by Crippen LogP contribution is -2.37. The number of fused-ring (bicyclic) bond motifs is 1. The molecule has 2 aliphatic heterocycles. The molecule has 0 amide bonds. The Morgan fingerprint density at radius 1 is 1.37 bits per heavy atom. The smallest absolute Gasteiger partial charge is 0.132 e. The predicted octanol–water partition coefficient (Wildman–Crippen LogP) is 2.20. The van der Waals surface area contributed by atoms with E-state index in [1.165, 1.54) is 0 Å². The zero-order valence-electron chi connectivity index (χ0n) is 10.8. The predicted molar refractivity (Wildman–Crippen MR) is 69.3 cm³/mol. The molecule has 1 aromatic rings. The summed E-state index contributed by atoms with van der Waals surface area (Å²) in [6.45, 7) is 0.779. The highest BCUT2D eigenvalue weighted by Gasteiger charge is 2.34. The van der Waals surface area contributed by atoms with Crippen molar-refractivity contribution in [1.29, 1.82) is 0 Å². The van der Waals surface area contributed by atoms with Crippen LogP contribution in [0.15, 0.2) is 23.4 Å². The number of nitrogens with zero attached hydrogens (tertiary/aromatic N) is 1. The molecule has 2 heterocycles. The Hall–Kier alpha value is -1.75. The van der Waals surface area contributed by atoms with Gasteiger partial charge in [-0.15, -0.1) is 0 Å². The Morgan fingerprint density at radius 2 is 2.26 bits per heavy atom. The lowest BCUT2D eigenvalue weighted by atomic mass is 9.96. The molecule has 5 heteroatoms. The van der Waals surface area contributed by atoms with E-state index in [-0.39, 0.29) is 12.2 Å². The van der Waals surface area contributed by atoms with Gasteiger partial charge in [-0.25, -0.2) is 0 Å². The van der Waals surface area contributed by atoms with Crippen LogP contribution in [0.2, 0.25) is 0 Å². The first-order valence-corrected chi connectivity index (χ1v) is 6.49. The lowest BCUT2D eigenvalue weighted by Gasteiger charge is -2.30. The molecule has 3 rings (SSSR count). The normalized spacial score (nSPS) is 27.9. The van der Waals surface area contributed by atoms with Crippen LogP contribution in [0.25, 0.3) is 0 Å². The van der Waals surface area contributed by atoms with Gasteiger partial charge in [-0.3, -0.25) is 0 Å². The van der Waals surface area contributed by atoms with E-state index < -0.39 is 0 Å². The molecule has 0 saturated carbocycles. The first-order valence-electron chi connectivity index (χ1n) is 6.49. The average Bonchev–Trinajstić information content (AvgIpc) is 2.99. The summed E-state index contributed by atoms with van der Waals surface area (Å²) in [5, 5.41) is 12.6. The van der Waals surface area contributed by atoms with Crippen LogP contribution in [0.5, 0.6) is 11.5 Å². The minimum Gasteiger partial charge on any atom is -0.497 e. The zero-order chi connectivity index (χ0) is 13.2. The van der Waals surface area contributed by atoms with Gasteiger partial charge in [0, 0.05) is 24.7 Å². The van der Waals surface area contributed by atoms with E-state index in [1.54, 1.807) is 7.11 Å². The Kier molecular flexibility index (Phi) is 3.29. The number of benzene rings is 1. The lowest BCUT2D eigenvalue weighted by molar-refractivity contribution is 0.0131. The highest BCUT2D eigenvalue weighted by Crippen LogP contribution is 2.34. The molecule has 1 saturated heterocycles. The van der Waals surface area contributed by atoms with E-state index >= 15 is 0 Å². The highest BCUT2D eigenvalue weighted by atomic mass is 16.5. The van der Waals surface area contributed by atoms with Crippen molar-refractivity contribution in [2.24, 2.45) is 5.16 Å². The van der Waals surface area contributed by atoms with Gasteiger partial charge in [-0.2, -0.15) is 0 Å². The zero-order valence-corrected chi connectivity index (χ0v) is 10.8. The molecule has 102 valence electrons. The van der Waals surface area contributed by atoms with Crippen LogP contribution in [0.4, 0.5) is 0 Å². The molecule has 1 N–H and O–H groups in total. The van der Waals surface area contributed by atoms with Crippen molar-refractivity contribution in [3.05, 3.63) is 23.8 Å². The molecule has 2 unspecified atom stereocenters. The van der Waals surface area contributed by atoms with Crippen LogP contribution in [0.3, 0.4) is 0 Å². The van der Waals surface area contributed by atoms with Gasteiger partial charge in [-0.1, -0.05) is 5.16 Å². The first-order chi connectivity index (χ1) is 9.31. The summed E-state index contributed by atoms with van der Waals surface area (Å²) in [6, 6.07) is 5.51. The van der Waals surface area contributed by atoms with Crippen molar-refractivity contribution in [2.45, 2.75) is 31.5 Å². The summed E-state index contributed by atoms with van der Waals surface area (Å²) < 4.78 is 16.9. The molecule has 1 fully saturated rings. The molecule has 0 aromatic heterocycles. The average molecular weight is 263 g/mol. The summed E-state index contributed by atoms with van der Waals surface area (Å²) in [5.74, 6) is 1.42. The van der Waals surface area contributed by atoms with Crippen molar-refractivity contribution < 1.29 is 19.4 Å². The third kappa shape index (κ3) is 2.26. The molecule has 19 heavy (non-hydrogen) atoms. The largest absolute Gasteiger partial charge is 0.497 e. The molecule has 0 bridgehead atoms. The molecular weight excluding hydrogens is 246 g/mol. The van der Waals surface area contributed by atoms with Gasteiger partial charge in [0.2, 0.25) is 0 Å². The van der Waals surface area contributed by atoms with Crippen LogP contribution < -0.4 is 9.47 Å². The maximum Gasteiger partial charge on any atom is 0.132 e. The molecule has 5 nitrogen and oxygen atoms in total. The van der Waals surface area contributed by atoms with Crippen LogP contribution in [0, 0.1) is 0 Å². The van der Waals surface area contributed by atoms with Gasteiger partial charge < -0.3 is 19.4 Å². The van der Waals surface area contributed by atoms with E-state index in [4.69, 9.17) is 14.2 Å². The van der Waals surface area contributed by atoms with Crippen LogP contribution >= 0.6 is 0 Å². The molecule has 0 spiro atoms. The van der Waals surface area contributed by atoms with Gasteiger partial charge in [0.15, 0.2) is 0 Å². The summed E-state index contributed by atoms with van der Waals surface area (Å²) in [5.41, 5.74) is 1.46. The molecule has 1 aromatic carbocycles. The van der Waals surface area contributed by atoms with Crippen LogP contribution in [-0.4, -0.2) is 36.8 Å². The first kappa shape index (κ1) is 12.3. The quantitative estimate of drug-likeness (QED) is 0.656. The summed E-state index contributed by atoms with van der Waals surface area (Å²) in [7, 11) is 1.61. The number of oxime groups is 1. The van der Waals surface area contributed by atoms with E-state index in [1.807, 2.05) is 18.2 Å². The fourth-order valence-corrected chi connectivity index (χ4v) is 2.67. The second kappa shape index (κ2) is 5.09. The Bertz CT molecular complexity index is 494. The molecule has 2 aliphatic rings. The Morgan fingerprint density at radius 3 is 2.95 bits per heavy atom. The van der Waals surface area contributed by atoms with E-state index in [9.17, 15) is 5.21 Å². The minimum absolute atomic E-state index is 0.0797. The van der Waals surface area contributed by atoms with Crippen LogP contribution in [0.1, 0.15) is 24.8 Å². The molecular formula is C14H17NO4. The topological polar surface area (TPSA) is 60.3 Å². The van der Waals surface area contributed by atoms with Gasteiger partial charge >= 0.3 is 0 Å². The fraction of sp³-hybridized carbons (Fsp3) is 0.500. The van der Waals surface area contributed by atoms with Gasteiger partial charge in [0.05, 0.1) is 18.9 Å². The van der Waals surface area contributed by atoms with Crippen molar-refractivity contribution in [1.82, 2.24) is 0 Å². The van der Waals surface area contributed by atoms with Crippen molar-refractivity contribution in [3.8, 4) is 11.5 Å². The van der Waals surface area contributed by atoms with Crippen molar-refractivity contribution in [2.75, 3.05) is 13.7 Å². The van der Waals surface area contributed by atoms with E-state index in [0.29, 0.717) is 17.9 Å². The van der Waals surface area contributed by atoms with Gasteiger partial charge in [0.25, 0.3) is 0 Å². The van der Waals surface area contributed by atoms with Gasteiger partial charge in [-0.05, 0) is 25.0 Å². The summed E-state index contributed by atoms with van der Waals surface area (Å²) in [6.07, 6.45) is 2.61. The number of methoxy groups -OCH3 is 1. The van der Waals surface area contributed by atoms with Crippen molar-refractivity contribution >= 4 is 5.71 Å². The third-order valence-electron chi connectivity index (χ3n) is 3.67. The second-order valence-corrected chi connectivity index (χ2v) is 4.82. The van der Waals surface area contributed by atoms with Gasteiger partial charge in [0.1, 0.15) is 17.6 Å². The summed E-state index contributed by atoms with van der Waals surface area (Å²) in [4.78, 5) is 0. The maximum atomic E-state index is 9.19. The number of hydrogen-bond acceptors (Lipinski definition) is 5. The van der Waals surface area contributed by atoms with E-state index in [2.05, 4.69) is 5.16 Å². The maximum absolute atomic E-state index is 9.19. The number of hydrogen-bond donors (Lipinski definition) is 1. The Balaban J connectivity index is 1.92. The number of rotatable bonds is 2. The molecule has 2 atom stereocenters. The molecule has 0 aliphatic carbocycles. The summed E-state index contributed by atoms with van der Waals surface area (Å²) >= 11 is 0. The number of ether oxygens (including phenoxy) is 3. The Labute approximate surface area is 111 Å². The monoisotopic (exact) mass is 263 g/mol. The standard InChI is InChI=1S/C14H17NO4/c1-17-9-4-5-10-11(15-16)8-14(19-13(10)7-9)12-3-2-6-18-12/h4-5,7,12,14,16H,2-3,6,8H2,1H3/b15-11+. The van der Waals surface area contributed by atoms with Crippen molar-refractivity contribution in [3.63, 3.8) is 0 Å². The minimum atomic E-state index is -0.0898. The highest BCUT2D eigenvalue weighted by molar-refractivity contribution is 6.03. The third-order valence-corrected chi connectivity index (χ3v) is 3.67.